The first-order valence-electron chi connectivity index (χ1n) is 9.66. The van der Waals surface area contributed by atoms with E-state index in [9.17, 15) is 9.18 Å². The molecule has 2 aliphatic rings. The van der Waals surface area contributed by atoms with Crippen molar-refractivity contribution in [3.05, 3.63) is 47.4 Å². The van der Waals surface area contributed by atoms with Gasteiger partial charge in [0.15, 0.2) is 0 Å². The van der Waals surface area contributed by atoms with E-state index in [1.165, 1.54) is 25.0 Å². The van der Waals surface area contributed by atoms with Crippen LogP contribution in [0.1, 0.15) is 41.7 Å². The van der Waals surface area contributed by atoms with Crippen molar-refractivity contribution in [1.29, 1.82) is 0 Å². The first-order chi connectivity index (χ1) is 13.6. The van der Waals surface area contributed by atoms with E-state index in [2.05, 4.69) is 20.8 Å². The Morgan fingerprint density at radius 3 is 2.64 bits per heavy atom. The number of nitrogens with one attached hydrogen (secondary N) is 2. The highest BCUT2D eigenvalue weighted by Gasteiger charge is 2.34. The second-order valence-electron chi connectivity index (χ2n) is 7.79. The van der Waals surface area contributed by atoms with Gasteiger partial charge < -0.3 is 15.2 Å². The van der Waals surface area contributed by atoms with Gasteiger partial charge in [0.05, 0.1) is 22.3 Å². The second kappa shape index (κ2) is 6.67. The summed E-state index contributed by atoms with van der Waals surface area (Å²) in [6.45, 7) is 1.80. The summed E-state index contributed by atoms with van der Waals surface area (Å²) in [6.07, 6.45) is 4.25. The van der Waals surface area contributed by atoms with Crippen molar-refractivity contribution in [2.24, 2.45) is 0 Å². The lowest BCUT2D eigenvalue weighted by molar-refractivity contribution is 0.0925. The molecule has 2 atom stereocenters. The molecule has 2 saturated heterocycles. The molecule has 1 aromatic carbocycles. The lowest BCUT2D eigenvalue weighted by Gasteiger charge is -2.29. The van der Waals surface area contributed by atoms with Crippen molar-refractivity contribution >= 4 is 17.0 Å². The molecule has 2 fully saturated rings. The van der Waals surface area contributed by atoms with Crippen LogP contribution in [0.4, 0.5) is 4.39 Å². The predicted octanol–water partition coefficient (Wildman–Crippen LogP) is 3.35. The van der Waals surface area contributed by atoms with E-state index in [4.69, 9.17) is 4.52 Å². The Kier molecular flexibility index (Phi) is 4.12. The minimum atomic E-state index is -0.321. The normalized spacial score (nSPS) is 23.9. The molecule has 1 amide bonds. The zero-order valence-electron chi connectivity index (χ0n) is 15.5. The summed E-state index contributed by atoms with van der Waals surface area (Å²) in [5, 5.41) is 11.4. The molecule has 4 heterocycles. The Morgan fingerprint density at radius 1 is 1.21 bits per heavy atom. The lowest BCUT2D eigenvalue weighted by atomic mass is 9.98. The number of fused-ring (bicyclic) bond motifs is 3. The van der Waals surface area contributed by atoms with Gasteiger partial charge in [0.25, 0.3) is 11.6 Å². The quantitative estimate of drug-likeness (QED) is 0.728. The van der Waals surface area contributed by atoms with Gasteiger partial charge in [-0.3, -0.25) is 4.79 Å². The standard InChI is InChI=1S/C21H21FN4O2/c1-11-19-17(20(27)24-16-8-14-6-7-15(9-16)23-14)10-18(25-21(19)28-26-11)12-2-4-13(22)5-3-12/h2-5,10,14-16,23H,6-9H2,1H3,(H,24,27). The van der Waals surface area contributed by atoms with Crippen LogP contribution in [0.3, 0.4) is 0 Å². The van der Waals surface area contributed by atoms with Crippen LogP contribution in [0, 0.1) is 12.7 Å². The summed E-state index contributed by atoms with van der Waals surface area (Å²) >= 11 is 0. The minimum Gasteiger partial charge on any atom is -0.349 e. The largest absolute Gasteiger partial charge is 0.349 e. The van der Waals surface area contributed by atoms with Crippen molar-refractivity contribution < 1.29 is 13.7 Å². The summed E-state index contributed by atoms with van der Waals surface area (Å²) in [5.74, 6) is -0.466. The van der Waals surface area contributed by atoms with Crippen molar-refractivity contribution in [3.63, 3.8) is 0 Å². The van der Waals surface area contributed by atoms with Crippen LogP contribution in [0.15, 0.2) is 34.9 Å². The lowest BCUT2D eigenvalue weighted by Crippen LogP contribution is -2.48. The van der Waals surface area contributed by atoms with Gasteiger partial charge in [0.2, 0.25) is 0 Å². The fourth-order valence-electron chi connectivity index (χ4n) is 4.48. The van der Waals surface area contributed by atoms with E-state index in [0.29, 0.717) is 45.7 Å². The topological polar surface area (TPSA) is 80.0 Å². The molecule has 0 radical (unpaired) electrons. The third-order valence-electron chi connectivity index (χ3n) is 5.81. The molecule has 6 nitrogen and oxygen atoms in total. The Balaban J connectivity index is 1.50. The van der Waals surface area contributed by atoms with Gasteiger partial charge in [0.1, 0.15) is 5.82 Å². The van der Waals surface area contributed by atoms with Crippen molar-refractivity contribution in [1.82, 2.24) is 20.8 Å². The van der Waals surface area contributed by atoms with Crippen LogP contribution in [0.2, 0.25) is 0 Å². The third kappa shape index (κ3) is 3.05. The van der Waals surface area contributed by atoms with Gasteiger partial charge in [-0.05, 0) is 62.9 Å². The predicted molar refractivity (Wildman–Crippen MR) is 102 cm³/mol. The Hall–Kier alpha value is -2.80. The van der Waals surface area contributed by atoms with Crippen molar-refractivity contribution in [2.45, 2.75) is 50.7 Å². The molecule has 3 aromatic rings. The van der Waals surface area contributed by atoms with Gasteiger partial charge in [-0.25, -0.2) is 9.37 Å². The molecule has 2 N–H and O–H groups in total. The van der Waals surface area contributed by atoms with E-state index in [1.54, 1.807) is 25.1 Å². The summed E-state index contributed by atoms with van der Waals surface area (Å²) < 4.78 is 18.6. The summed E-state index contributed by atoms with van der Waals surface area (Å²) in [5.41, 5.74) is 2.71. The number of rotatable bonds is 3. The molecule has 7 heteroatoms. The number of benzene rings is 1. The number of hydrogen-bond donors (Lipinski definition) is 2. The number of halogens is 1. The van der Waals surface area contributed by atoms with Crippen LogP contribution in [-0.4, -0.2) is 34.2 Å². The molecule has 2 aliphatic heterocycles. The molecule has 5 rings (SSSR count). The zero-order valence-corrected chi connectivity index (χ0v) is 15.5. The van der Waals surface area contributed by atoms with E-state index < -0.39 is 0 Å². The fraction of sp³-hybridized carbons (Fsp3) is 0.381. The zero-order chi connectivity index (χ0) is 19.3. The van der Waals surface area contributed by atoms with Gasteiger partial charge in [0, 0.05) is 23.7 Å². The minimum absolute atomic E-state index is 0.145. The van der Waals surface area contributed by atoms with Crippen LogP contribution >= 0.6 is 0 Å². The van der Waals surface area contributed by atoms with Gasteiger partial charge in [-0.1, -0.05) is 5.16 Å². The molecule has 2 bridgehead atoms. The Bertz CT molecular complexity index is 1030. The molecular weight excluding hydrogens is 359 g/mol. The molecule has 144 valence electrons. The Labute approximate surface area is 161 Å². The molecule has 0 saturated carbocycles. The van der Waals surface area contributed by atoms with Crippen LogP contribution < -0.4 is 10.6 Å². The van der Waals surface area contributed by atoms with Crippen molar-refractivity contribution in [3.8, 4) is 11.3 Å². The maximum Gasteiger partial charge on any atom is 0.259 e. The van der Waals surface area contributed by atoms with E-state index in [1.807, 2.05) is 0 Å². The number of aryl methyl sites for hydroxylation is 1. The van der Waals surface area contributed by atoms with Crippen LogP contribution in [0.5, 0.6) is 0 Å². The second-order valence-corrected chi connectivity index (χ2v) is 7.79. The molecule has 0 spiro atoms. The van der Waals surface area contributed by atoms with E-state index >= 15 is 0 Å². The van der Waals surface area contributed by atoms with Gasteiger partial charge in [-0.2, -0.15) is 0 Å². The highest BCUT2D eigenvalue weighted by Crippen LogP contribution is 2.29. The number of carbonyl (C=O) groups excluding carboxylic acids is 1. The van der Waals surface area contributed by atoms with Gasteiger partial charge >= 0.3 is 0 Å². The summed E-state index contributed by atoms with van der Waals surface area (Å²) in [7, 11) is 0. The van der Waals surface area contributed by atoms with E-state index in [0.717, 1.165) is 12.8 Å². The molecular formula is C21H21FN4O2. The number of nitrogens with zero attached hydrogens (tertiary/aromatic N) is 2. The van der Waals surface area contributed by atoms with Crippen LogP contribution in [0.25, 0.3) is 22.4 Å². The fourth-order valence-corrected chi connectivity index (χ4v) is 4.48. The average Bonchev–Trinajstić information content (AvgIpc) is 3.23. The number of aromatic nitrogens is 2. The monoisotopic (exact) mass is 380 g/mol. The molecule has 28 heavy (non-hydrogen) atoms. The van der Waals surface area contributed by atoms with Crippen LogP contribution in [-0.2, 0) is 0 Å². The number of amides is 1. The third-order valence-corrected chi connectivity index (χ3v) is 5.81. The SMILES string of the molecule is Cc1noc2nc(-c3ccc(F)cc3)cc(C(=O)NC3CC4CCC(C3)N4)c12. The first-order valence-corrected chi connectivity index (χ1v) is 9.66. The highest BCUT2D eigenvalue weighted by atomic mass is 19.1. The van der Waals surface area contributed by atoms with Gasteiger partial charge in [-0.15, -0.1) is 0 Å². The number of pyridine rings is 1. The summed E-state index contributed by atoms with van der Waals surface area (Å²) in [4.78, 5) is 17.6. The Morgan fingerprint density at radius 2 is 1.93 bits per heavy atom. The van der Waals surface area contributed by atoms with Crippen molar-refractivity contribution in [2.75, 3.05) is 0 Å². The smallest absolute Gasteiger partial charge is 0.259 e. The molecule has 0 aliphatic carbocycles. The molecule has 2 aromatic heterocycles. The maximum atomic E-state index is 13.3. The average molecular weight is 380 g/mol. The number of hydrogen-bond acceptors (Lipinski definition) is 5. The molecule has 2 unspecified atom stereocenters. The maximum absolute atomic E-state index is 13.3. The number of piperidine rings is 1. The summed E-state index contributed by atoms with van der Waals surface area (Å²) in [6, 6.07) is 8.91. The number of carbonyl (C=O) groups is 1. The first kappa shape index (κ1) is 17.3. The van der Waals surface area contributed by atoms with E-state index in [-0.39, 0.29) is 17.8 Å². The highest BCUT2D eigenvalue weighted by molar-refractivity contribution is 6.07.